The van der Waals surface area contributed by atoms with Crippen molar-refractivity contribution in [2.45, 2.75) is 56.5 Å². The number of hydrogen-bond donors (Lipinski definition) is 2. The standard InChI is InChI=1S/C27H33N9O6S2/c1-27(2,3)25-29-17-36(33-25)44(41,42)21-8-6-19(7-9-21)30-22(37)16-35-23(38)10-5-18-15-28-26(32-24(18)35)31-20-11-13-34(14-12-20)43(4,39)40/h5-10,15,17,20H,11-14,16H2,1-4H3,(H,30,37)(H,28,31,32). The third-order valence-corrected chi connectivity index (χ3v) is 9.95. The lowest BCUT2D eigenvalue weighted by Gasteiger charge is -2.30. The number of hydrogen-bond acceptors (Lipinski definition) is 11. The number of carbonyl (C=O) groups is 1. The van der Waals surface area contributed by atoms with Crippen LogP contribution >= 0.6 is 0 Å². The third kappa shape index (κ3) is 6.79. The largest absolute Gasteiger partial charge is 0.351 e. The Morgan fingerprint density at radius 1 is 1.00 bits per heavy atom. The molecule has 4 aromatic rings. The van der Waals surface area contributed by atoms with Crippen molar-refractivity contribution in [2.24, 2.45) is 0 Å². The van der Waals surface area contributed by atoms with Crippen molar-refractivity contribution in [3.8, 4) is 0 Å². The molecule has 0 saturated carbocycles. The average molecular weight is 644 g/mol. The molecule has 1 amide bonds. The van der Waals surface area contributed by atoms with Crippen molar-refractivity contribution in [1.29, 1.82) is 0 Å². The Kier molecular flexibility index (Phi) is 8.30. The number of amides is 1. The summed E-state index contributed by atoms with van der Waals surface area (Å²) in [4.78, 5) is 38.6. The molecule has 1 fully saturated rings. The summed E-state index contributed by atoms with van der Waals surface area (Å²) in [6.07, 6.45) is 5.01. The van der Waals surface area contributed by atoms with Crippen LogP contribution in [0.25, 0.3) is 11.0 Å². The fourth-order valence-electron chi connectivity index (χ4n) is 4.68. The van der Waals surface area contributed by atoms with Crippen molar-refractivity contribution < 1.29 is 21.6 Å². The number of pyridine rings is 1. The van der Waals surface area contributed by atoms with Gasteiger partial charge in [-0.25, -0.2) is 22.7 Å². The Bertz CT molecular complexity index is 1970. The fraction of sp³-hybridized carbons (Fsp3) is 0.407. The molecular weight excluding hydrogens is 610 g/mol. The highest BCUT2D eigenvalue weighted by molar-refractivity contribution is 7.89. The maximum Gasteiger partial charge on any atom is 0.284 e. The third-order valence-electron chi connectivity index (χ3n) is 7.11. The number of fused-ring (bicyclic) bond motifs is 1. The lowest BCUT2D eigenvalue weighted by atomic mass is 9.96. The Hall–Kier alpha value is -4.22. The van der Waals surface area contributed by atoms with Gasteiger partial charge in [-0.15, -0.1) is 9.19 Å². The Morgan fingerprint density at radius 2 is 1.68 bits per heavy atom. The van der Waals surface area contributed by atoms with E-state index in [1.165, 1.54) is 45.5 Å². The van der Waals surface area contributed by atoms with Gasteiger partial charge in [0.2, 0.25) is 21.9 Å². The second kappa shape index (κ2) is 11.7. The minimum atomic E-state index is -3.99. The van der Waals surface area contributed by atoms with E-state index >= 15 is 0 Å². The molecule has 1 aromatic carbocycles. The maximum absolute atomic E-state index is 13.0. The van der Waals surface area contributed by atoms with E-state index in [-0.39, 0.29) is 29.1 Å². The molecule has 0 radical (unpaired) electrons. The molecule has 17 heteroatoms. The van der Waals surface area contributed by atoms with Gasteiger partial charge in [0.15, 0.2) is 5.82 Å². The summed E-state index contributed by atoms with van der Waals surface area (Å²) >= 11 is 0. The Labute approximate surface area is 254 Å². The number of anilines is 2. The molecule has 15 nitrogen and oxygen atoms in total. The van der Waals surface area contributed by atoms with Gasteiger partial charge in [0.25, 0.3) is 15.6 Å². The minimum absolute atomic E-state index is 0.0372. The highest BCUT2D eigenvalue weighted by Gasteiger charge is 2.26. The average Bonchev–Trinajstić information content (AvgIpc) is 3.47. The first kappa shape index (κ1) is 31.2. The zero-order valence-electron chi connectivity index (χ0n) is 24.6. The summed E-state index contributed by atoms with van der Waals surface area (Å²) in [7, 11) is -7.24. The molecule has 1 saturated heterocycles. The van der Waals surface area contributed by atoms with Crippen LogP contribution < -0.4 is 16.2 Å². The zero-order chi connectivity index (χ0) is 31.9. The van der Waals surface area contributed by atoms with E-state index in [0.717, 1.165) is 10.4 Å². The van der Waals surface area contributed by atoms with Crippen molar-refractivity contribution >= 4 is 48.6 Å². The number of benzene rings is 1. The van der Waals surface area contributed by atoms with Gasteiger partial charge in [-0.2, -0.15) is 13.4 Å². The molecule has 4 heterocycles. The number of nitrogens with zero attached hydrogens (tertiary/aromatic N) is 7. The predicted molar refractivity (Wildman–Crippen MR) is 163 cm³/mol. The predicted octanol–water partition coefficient (Wildman–Crippen LogP) is 1.39. The normalized spacial score (nSPS) is 15.4. The Balaban J connectivity index is 1.28. The van der Waals surface area contributed by atoms with Crippen LogP contribution in [0.3, 0.4) is 0 Å². The molecule has 0 atom stereocenters. The molecule has 0 spiro atoms. The van der Waals surface area contributed by atoms with Gasteiger partial charge in [0.1, 0.15) is 18.5 Å². The lowest BCUT2D eigenvalue weighted by molar-refractivity contribution is -0.116. The molecule has 1 aliphatic heterocycles. The zero-order valence-corrected chi connectivity index (χ0v) is 26.3. The van der Waals surface area contributed by atoms with Crippen LogP contribution in [0, 0.1) is 0 Å². The number of rotatable bonds is 8. The van der Waals surface area contributed by atoms with Crippen LogP contribution in [-0.2, 0) is 36.8 Å². The molecule has 5 rings (SSSR count). The van der Waals surface area contributed by atoms with E-state index in [1.807, 2.05) is 20.8 Å². The van der Waals surface area contributed by atoms with Gasteiger partial charge in [0.05, 0.1) is 11.2 Å². The number of carbonyl (C=O) groups excluding carboxylic acids is 1. The van der Waals surface area contributed by atoms with Crippen LogP contribution in [0.1, 0.15) is 39.4 Å². The van der Waals surface area contributed by atoms with Crippen molar-refractivity contribution in [2.75, 3.05) is 30.0 Å². The minimum Gasteiger partial charge on any atom is -0.351 e. The van der Waals surface area contributed by atoms with Crippen molar-refractivity contribution in [3.63, 3.8) is 0 Å². The van der Waals surface area contributed by atoms with E-state index in [0.29, 0.717) is 42.8 Å². The first-order valence-electron chi connectivity index (χ1n) is 13.8. The molecular formula is C27H33N9O6S2. The second-order valence-electron chi connectivity index (χ2n) is 11.6. The summed E-state index contributed by atoms with van der Waals surface area (Å²) in [6, 6.07) is 8.41. The molecule has 234 valence electrons. The summed E-state index contributed by atoms with van der Waals surface area (Å²) in [5, 5.41) is 10.5. The van der Waals surface area contributed by atoms with Gasteiger partial charge in [-0.05, 0) is 43.2 Å². The van der Waals surface area contributed by atoms with Crippen LogP contribution in [0.5, 0.6) is 0 Å². The van der Waals surface area contributed by atoms with Gasteiger partial charge in [-0.1, -0.05) is 20.8 Å². The fourth-order valence-corrected chi connectivity index (χ4v) is 6.61. The van der Waals surface area contributed by atoms with Crippen LogP contribution in [0.2, 0.25) is 0 Å². The molecule has 0 aliphatic carbocycles. The van der Waals surface area contributed by atoms with Crippen LogP contribution in [-0.4, -0.2) is 81.1 Å². The van der Waals surface area contributed by atoms with Gasteiger partial charge < -0.3 is 10.6 Å². The number of piperidine rings is 1. The van der Waals surface area contributed by atoms with Crippen molar-refractivity contribution in [3.05, 3.63) is 65.1 Å². The lowest BCUT2D eigenvalue weighted by Crippen LogP contribution is -2.42. The van der Waals surface area contributed by atoms with Gasteiger partial charge in [0, 0.05) is 47.9 Å². The second-order valence-corrected chi connectivity index (χ2v) is 15.4. The number of nitrogens with one attached hydrogen (secondary N) is 2. The number of sulfonamides is 1. The number of aromatic nitrogens is 6. The van der Waals surface area contributed by atoms with Crippen LogP contribution in [0.4, 0.5) is 11.6 Å². The smallest absolute Gasteiger partial charge is 0.284 e. The highest BCUT2D eigenvalue weighted by atomic mass is 32.2. The molecule has 3 aromatic heterocycles. The molecule has 44 heavy (non-hydrogen) atoms. The summed E-state index contributed by atoms with van der Waals surface area (Å²) < 4.78 is 53.1. The SMILES string of the molecule is CC(C)(C)c1ncn(S(=O)(=O)c2ccc(NC(=O)Cn3c(=O)ccc4cnc(NC5CCN(S(C)(=O)=O)CC5)nc43)cc2)n1. The topological polar surface area (TPSA) is 191 Å². The van der Waals surface area contributed by atoms with E-state index in [9.17, 15) is 26.4 Å². The first-order valence-corrected chi connectivity index (χ1v) is 17.1. The molecule has 1 aliphatic rings. The molecule has 0 bridgehead atoms. The van der Waals surface area contributed by atoms with E-state index in [4.69, 9.17) is 0 Å². The first-order chi connectivity index (χ1) is 20.6. The van der Waals surface area contributed by atoms with Crippen LogP contribution in [0.15, 0.2) is 58.6 Å². The van der Waals surface area contributed by atoms with E-state index in [2.05, 4.69) is 30.7 Å². The summed E-state index contributed by atoms with van der Waals surface area (Å²) in [5.74, 6) is 0.119. The summed E-state index contributed by atoms with van der Waals surface area (Å²) in [6.45, 7) is 6.03. The molecule has 0 unspecified atom stereocenters. The quantitative estimate of drug-likeness (QED) is 0.282. The molecule has 2 N–H and O–H groups in total. The van der Waals surface area contributed by atoms with E-state index in [1.54, 1.807) is 12.3 Å². The van der Waals surface area contributed by atoms with Gasteiger partial charge >= 0.3 is 0 Å². The van der Waals surface area contributed by atoms with Gasteiger partial charge in [-0.3, -0.25) is 14.2 Å². The highest BCUT2D eigenvalue weighted by Crippen LogP contribution is 2.21. The monoisotopic (exact) mass is 643 g/mol. The van der Waals surface area contributed by atoms with E-state index < -0.39 is 36.9 Å². The Morgan fingerprint density at radius 3 is 2.30 bits per heavy atom. The van der Waals surface area contributed by atoms with Crippen molar-refractivity contribution in [1.82, 2.24) is 33.0 Å². The summed E-state index contributed by atoms with van der Waals surface area (Å²) in [5.41, 5.74) is -0.288. The maximum atomic E-state index is 13.0.